The van der Waals surface area contributed by atoms with Crippen LogP contribution in [0.5, 0.6) is 17.2 Å². The third-order valence-corrected chi connectivity index (χ3v) is 16.9. The van der Waals surface area contributed by atoms with Crippen molar-refractivity contribution in [2.24, 2.45) is 0 Å². The van der Waals surface area contributed by atoms with Gasteiger partial charge in [0.25, 0.3) is 0 Å². The second-order valence-electron chi connectivity index (χ2n) is 12.9. The fourth-order valence-corrected chi connectivity index (χ4v) is 5.94. The zero-order valence-electron chi connectivity index (χ0n) is 23.4. The van der Waals surface area contributed by atoms with Gasteiger partial charge in [-0.1, -0.05) is 41.5 Å². The Morgan fingerprint density at radius 3 is 1.94 bits per heavy atom. The first-order chi connectivity index (χ1) is 16.5. The van der Waals surface area contributed by atoms with E-state index in [0.29, 0.717) is 29.9 Å². The van der Waals surface area contributed by atoms with E-state index in [1.54, 1.807) is 0 Å². The molecule has 1 aliphatic rings. The number of rotatable bonds is 4. The molecule has 0 amide bonds. The summed E-state index contributed by atoms with van der Waals surface area (Å²) < 4.78 is 24.9. The lowest BCUT2D eigenvalue weighted by atomic mass is 9.96. The average molecular weight is 525 g/mol. The molecule has 3 aromatic rings. The van der Waals surface area contributed by atoms with Gasteiger partial charge in [0.05, 0.1) is 12.2 Å². The largest absolute Gasteiger partial charge is 0.543 e. The molecule has 0 fully saturated rings. The lowest BCUT2D eigenvalue weighted by Gasteiger charge is -2.36. The van der Waals surface area contributed by atoms with Crippen LogP contribution in [0.2, 0.25) is 36.3 Å². The Hall–Kier alpha value is -2.52. The van der Waals surface area contributed by atoms with Crippen molar-refractivity contribution in [2.75, 3.05) is 6.61 Å². The van der Waals surface area contributed by atoms with E-state index < -0.39 is 16.6 Å². The molecule has 0 aliphatic carbocycles. The van der Waals surface area contributed by atoms with Crippen molar-refractivity contribution >= 4 is 27.6 Å². The highest BCUT2D eigenvalue weighted by atomic mass is 28.4. The van der Waals surface area contributed by atoms with E-state index in [1.165, 1.54) is 0 Å². The molecule has 5 nitrogen and oxygen atoms in total. The van der Waals surface area contributed by atoms with Crippen molar-refractivity contribution in [2.45, 2.75) is 84.2 Å². The molecule has 194 valence electrons. The molecule has 2 heterocycles. The number of benzene rings is 2. The van der Waals surface area contributed by atoms with E-state index in [0.717, 1.165) is 28.0 Å². The van der Waals surface area contributed by atoms with Gasteiger partial charge in [-0.05, 0) is 66.1 Å². The molecule has 0 unspecified atom stereocenters. The SMILES string of the molecule is CC(C)(C)[Si](C)(C)Oc1ccc2c(c1)OCCc1c-2c(=O)oc2cc(O[Si](C)(C)C(C)(C)C)ccc12. The minimum absolute atomic E-state index is 0.0742. The van der Waals surface area contributed by atoms with Crippen molar-refractivity contribution in [1.29, 1.82) is 0 Å². The number of hydrogen-bond donors (Lipinski definition) is 0. The highest BCUT2D eigenvalue weighted by molar-refractivity contribution is 6.75. The van der Waals surface area contributed by atoms with Gasteiger partial charge in [-0.3, -0.25) is 0 Å². The van der Waals surface area contributed by atoms with Crippen LogP contribution in [-0.2, 0) is 6.42 Å². The summed E-state index contributed by atoms with van der Waals surface area (Å²) >= 11 is 0. The van der Waals surface area contributed by atoms with E-state index in [4.69, 9.17) is 18.0 Å². The Bertz CT molecular complexity index is 1360. The van der Waals surface area contributed by atoms with Gasteiger partial charge in [0, 0.05) is 29.5 Å². The van der Waals surface area contributed by atoms with Crippen LogP contribution in [0.1, 0.15) is 47.1 Å². The van der Waals surface area contributed by atoms with E-state index in [2.05, 4.69) is 67.7 Å². The number of hydrogen-bond acceptors (Lipinski definition) is 5. The first-order valence-corrected chi connectivity index (χ1v) is 18.6. The number of fused-ring (bicyclic) bond motifs is 5. The minimum atomic E-state index is -2.01. The molecule has 0 N–H and O–H groups in total. The fraction of sp³-hybridized carbons (Fsp3) is 0.483. The summed E-state index contributed by atoms with van der Waals surface area (Å²) in [6.07, 6.45) is 0.618. The lowest BCUT2D eigenvalue weighted by Crippen LogP contribution is -2.43. The Labute approximate surface area is 217 Å². The van der Waals surface area contributed by atoms with Gasteiger partial charge in [0.2, 0.25) is 16.6 Å². The smallest absolute Gasteiger partial charge is 0.344 e. The van der Waals surface area contributed by atoms with Crippen LogP contribution in [0.3, 0.4) is 0 Å². The Morgan fingerprint density at radius 2 is 1.36 bits per heavy atom. The van der Waals surface area contributed by atoms with E-state index in [-0.39, 0.29) is 15.7 Å². The summed E-state index contributed by atoms with van der Waals surface area (Å²) in [6, 6.07) is 11.7. The second-order valence-corrected chi connectivity index (χ2v) is 22.3. The zero-order chi connectivity index (χ0) is 26.7. The fourth-order valence-electron chi connectivity index (χ4n) is 3.89. The summed E-state index contributed by atoms with van der Waals surface area (Å²) in [5.41, 5.74) is 2.48. The molecule has 2 aromatic carbocycles. The van der Waals surface area contributed by atoms with Crippen molar-refractivity contribution in [3.63, 3.8) is 0 Å². The average Bonchev–Trinajstić information content (AvgIpc) is 2.91. The van der Waals surface area contributed by atoms with Gasteiger partial charge in [-0.15, -0.1) is 0 Å². The van der Waals surface area contributed by atoms with Gasteiger partial charge in [-0.25, -0.2) is 4.79 Å². The predicted molar refractivity (Wildman–Crippen MR) is 153 cm³/mol. The van der Waals surface area contributed by atoms with E-state index >= 15 is 0 Å². The van der Waals surface area contributed by atoms with Crippen LogP contribution in [0.25, 0.3) is 22.1 Å². The lowest BCUT2D eigenvalue weighted by molar-refractivity contribution is 0.325. The second kappa shape index (κ2) is 8.80. The summed E-state index contributed by atoms with van der Waals surface area (Å²) in [5.74, 6) is 2.19. The maximum atomic E-state index is 13.3. The quantitative estimate of drug-likeness (QED) is 0.254. The molecule has 0 saturated carbocycles. The van der Waals surface area contributed by atoms with Crippen molar-refractivity contribution in [3.05, 3.63) is 52.4 Å². The van der Waals surface area contributed by atoms with E-state index in [9.17, 15) is 4.79 Å². The molecular weight excluding hydrogens is 484 g/mol. The summed E-state index contributed by atoms with van der Waals surface area (Å²) in [4.78, 5) is 13.3. The van der Waals surface area contributed by atoms with Crippen LogP contribution < -0.4 is 19.2 Å². The van der Waals surface area contributed by atoms with Crippen molar-refractivity contribution < 1.29 is 18.0 Å². The first-order valence-electron chi connectivity index (χ1n) is 12.8. The molecule has 0 saturated heterocycles. The van der Waals surface area contributed by atoms with Crippen LogP contribution in [0.4, 0.5) is 0 Å². The molecule has 0 radical (unpaired) electrons. The third kappa shape index (κ3) is 4.87. The van der Waals surface area contributed by atoms with Crippen LogP contribution in [0.15, 0.2) is 45.6 Å². The monoisotopic (exact) mass is 524 g/mol. The predicted octanol–water partition coefficient (Wildman–Crippen LogP) is 8.16. The summed E-state index contributed by atoms with van der Waals surface area (Å²) in [7, 11) is -4.02. The molecule has 7 heteroatoms. The Balaban J connectivity index is 1.76. The van der Waals surface area contributed by atoms with Gasteiger partial charge >= 0.3 is 5.63 Å². The van der Waals surface area contributed by atoms with E-state index in [1.807, 2.05) is 36.4 Å². The van der Waals surface area contributed by atoms with Gasteiger partial charge in [0.15, 0.2) is 0 Å². The Kier molecular flexibility index (Phi) is 6.49. The van der Waals surface area contributed by atoms with Gasteiger partial charge in [0.1, 0.15) is 22.8 Å². The molecule has 0 spiro atoms. The maximum Gasteiger partial charge on any atom is 0.344 e. The number of ether oxygens (including phenoxy) is 1. The first kappa shape index (κ1) is 26.5. The summed E-state index contributed by atoms with van der Waals surface area (Å²) in [6.45, 7) is 22.6. The highest BCUT2D eigenvalue weighted by Gasteiger charge is 2.40. The molecular formula is C29H40O5Si2. The van der Waals surface area contributed by atoms with Crippen LogP contribution in [-0.4, -0.2) is 23.2 Å². The topological polar surface area (TPSA) is 57.9 Å². The third-order valence-electron chi connectivity index (χ3n) is 8.18. The molecule has 0 bridgehead atoms. The molecule has 4 rings (SSSR count). The maximum absolute atomic E-state index is 13.3. The van der Waals surface area contributed by atoms with Crippen LogP contribution in [0, 0.1) is 0 Å². The van der Waals surface area contributed by atoms with Crippen molar-refractivity contribution in [1.82, 2.24) is 0 Å². The highest BCUT2D eigenvalue weighted by Crippen LogP contribution is 2.42. The van der Waals surface area contributed by atoms with Crippen LogP contribution >= 0.6 is 0 Å². The molecule has 0 atom stereocenters. The standard InChI is InChI=1S/C29H40O5Si2/c1-28(2,3)35(7,8)33-19-12-14-23-24(17-19)31-16-15-22-21-13-11-20(34-36(9,10)29(4,5)6)18-25(21)32-27(30)26(22)23/h11-14,17-18H,15-16H2,1-10H3. The van der Waals surface area contributed by atoms with Gasteiger partial charge in [-0.2, -0.15) is 0 Å². The van der Waals surface area contributed by atoms with Crippen molar-refractivity contribution in [3.8, 4) is 28.4 Å². The Morgan fingerprint density at radius 1 is 0.806 bits per heavy atom. The normalized spacial score (nSPS) is 14.5. The van der Waals surface area contributed by atoms with Gasteiger partial charge < -0.3 is 18.0 Å². The summed E-state index contributed by atoms with van der Waals surface area (Å²) in [5, 5.41) is 1.08. The zero-order valence-corrected chi connectivity index (χ0v) is 25.4. The molecule has 1 aromatic heterocycles. The molecule has 36 heavy (non-hydrogen) atoms. The minimum Gasteiger partial charge on any atom is -0.543 e. The molecule has 1 aliphatic heterocycles.